The lowest BCUT2D eigenvalue weighted by Crippen LogP contribution is -2.27. The van der Waals surface area contributed by atoms with Crippen molar-refractivity contribution < 1.29 is 19.1 Å². The molecule has 1 aliphatic heterocycles. The Balaban J connectivity index is 1.82. The first-order valence-corrected chi connectivity index (χ1v) is 9.59. The molecule has 5 nitrogen and oxygen atoms in total. The van der Waals surface area contributed by atoms with Crippen LogP contribution in [0.25, 0.3) is 6.08 Å². The molecule has 1 aliphatic rings. The monoisotopic (exact) mass is 383 g/mol. The fourth-order valence-electron chi connectivity index (χ4n) is 2.64. The van der Waals surface area contributed by atoms with E-state index in [0.717, 1.165) is 30.2 Å². The molecule has 0 radical (unpaired) electrons. The Bertz CT molecular complexity index is 864. The number of rotatable bonds is 7. The van der Waals surface area contributed by atoms with Crippen LogP contribution in [-0.4, -0.2) is 24.9 Å². The molecule has 0 unspecified atom stereocenters. The van der Waals surface area contributed by atoms with E-state index in [1.807, 2.05) is 18.2 Å². The smallest absolute Gasteiger partial charge is 0.298 e. The number of carbonyl (C=O) groups excluding carboxylic acids is 2. The van der Waals surface area contributed by atoms with Gasteiger partial charge in [-0.05, 0) is 54.1 Å². The van der Waals surface area contributed by atoms with Crippen LogP contribution in [0.15, 0.2) is 53.4 Å². The molecule has 0 spiro atoms. The molecule has 6 heteroatoms. The highest BCUT2D eigenvalue weighted by Gasteiger charge is 2.36. The molecule has 0 atom stereocenters. The topological polar surface area (TPSA) is 55.8 Å². The van der Waals surface area contributed by atoms with Crippen molar-refractivity contribution in [2.24, 2.45) is 0 Å². The Kier molecular flexibility index (Phi) is 6.19. The number of carbonyl (C=O) groups is 2. The van der Waals surface area contributed by atoms with Gasteiger partial charge in [0.25, 0.3) is 11.1 Å². The number of methoxy groups -OCH3 is 1. The van der Waals surface area contributed by atoms with Crippen molar-refractivity contribution in [3.63, 3.8) is 0 Å². The van der Waals surface area contributed by atoms with Crippen LogP contribution >= 0.6 is 11.8 Å². The second-order valence-corrected chi connectivity index (χ2v) is 6.96. The molecule has 0 aliphatic carbocycles. The fourth-order valence-corrected chi connectivity index (χ4v) is 3.48. The van der Waals surface area contributed by atoms with E-state index >= 15 is 0 Å². The highest BCUT2D eigenvalue weighted by atomic mass is 32.2. The summed E-state index contributed by atoms with van der Waals surface area (Å²) in [6.07, 6.45) is 3.72. The van der Waals surface area contributed by atoms with Gasteiger partial charge in [-0.25, -0.2) is 4.90 Å². The maximum absolute atomic E-state index is 12.7. The minimum absolute atomic E-state index is 0.302. The number of unbranched alkanes of at least 4 members (excludes halogenated alkanes) is 1. The van der Waals surface area contributed by atoms with Gasteiger partial charge in [0.1, 0.15) is 0 Å². The normalized spacial score (nSPS) is 15.5. The highest BCUT2D eigenvalue weighted by molar-refractivity contribution is 8.19. The van der Waals surface area contributed by atoms with E-state index in [1.54, 1.807) is 43.5 Å². The number of benzene rings is 2. The fraction of sp³-hybridized carbons (Fsp3) is 0.238. The lowest BCUT2D eigenvalue weighted by atomic mass is 10.1. The molecular weight excluding hydrogens is 362 g/mol. The lowest BCUT2D eigenvalue weighted by molar-refractivity contribution is -0.113. The van der Waals surface area contributed by atoms with Gasteiger partial charge in [-0.3, -0.25) is 9.59 Å². The third kappa shape index (κ3) is 4.34. The van der Waals surface area contributed by atoms with Crippen molar-refractivity contribution in [1.29, 1.82) is 0 Å². The van der Waals surface area contributed by atoms with Crippen molar-refractivity contribution in [2.75, 3.05) is 18.6 Å². The molecule has 0 saturated carbocycles. The molecule has 1 heterocycles. The zero-order valence-electron chi connectivity index (χ0n) is 15.3. The molecular formula is C21H21NO4S. The Labute approximate surface area is 163 Å². The molecule has 2 amide bonds. The molecule has 0 bridgehead atoms. The Morgan fingerprint density at radius 2 is 1.85 bits per heavy atom. The number of para-hydroxylation sites is 1. The average Bonchev–Trinajstić information content (AvgIpc) is 2.96. The molecule has 2 aromatic rings. The zero-order valence-corrected chi connectivity index (χ0v) is 16.1. The van der Waals surface area contributed by atoms with Crippen LogP contribution in [0.3, 0.4) is 0 Å². The van der Waals surface area contributed by atoms with Crippen molar-refractivity contribution in [1.82, 2.24) is 0 Å². The number of imide groups is 1. The van der Waals surface area contributed by atoms with Crippen LogP contribution in [0, 0.1) is 0 Å². The molecule has 1 saturated heterocycles. The first kappa shape index (κ1) is 19.0. The predicted molar refractivity (Wildman–Crippen MR) is 108 cm³/mol. The molecule has 2 aromatic carbocycles. The van der Waals surface area contributed by atoms with Gasteiger partial charge in [-0.1, -0.05) is 37.6 Å². The quantitative estimate of drug-likeness (QED) is 0.491. The minimum Gasteiger partial charge on any atom is -0.493 e. The summed E-state index contributed by atoms with van der Waals surface area (Å²) in [4.78, 5) is 26.5. The number of thioether (sulfide) groups is 1. The van der Waals surface area contributed by atoms with E-state index in [2.05, 4.69) is 6.92 Å². The predicted octanol–water partition coefficient (Wildman–Crippen LogP) is 5.12. The van der Waals surface area contributed by atoms with Gasteiger partial charge in [-0.15, -0.1) is 0 Å². The van der Waals surface area contributed by atoms with Crippen molar-refractivity contribution in [3.05, 3.63) is 59.0 Å². The molecule has 1 fully saturated rings. The van der Waals surface area contributed by atoms with Gasteiger partial charge in [0.05, 0.1) is 24.3 Å². The summed E-state index contributed by atoms with van der Waals surface area (Å²) in [5, 5.41) is -0.302. The van der Waals surface area contributed by atoms with Crippen molar-refractivity contribution in [2.45, 2.75) is 19.8 Å². The van der Waals surface area contributed by atoms with E-state index < -0.39 is 0 Å². The maximum Gasteiger partial charge on any atom is 0.298 e. The van der Waals surface area contributed by atoms with Crippen LogP contribution in [0.2, 0.25) is 0 Å². The standard InChI is InChI=1S/C21H21NO4S/c1-3-4-12-26-17-11-10-15(13-18(17)25-2)14-19-20(23)22(21(24)27-19)16-8-6-5-7-9-16/h5-11,13-14H,3-4,12H2,1-2H3/b19-14+. The number of amides is 2. The second kappa shape index (κ2) is 8.77. The number of hydrogen-bond acceptors (Lipinski definition) is 5. The lowest BCUT2D eigenvalue weighted by Gasteiger charge is -2.12. The molecule has 3 rings (SSSR count). The van der Waals surface area contributed by atoms with Gasteiger partial charge < -0.3 is 9.47 Å². The third-order valence-corrected chi connectivity index (χ3v) is 4.92. The van der Waals surface area contributed by atoms with Gasteiger partial charge in [0, 0.05) is 0 Å². The molecule has 27 heavy (non-hydrogen) atoms. The summed E-state index contributed by atoms with van der Waals surface area (Å²) in [5.74, 6) is 0.945. The van der Waals surface area contributed by atoms with Gasteiger partial charge >= 0.3 is 0 Å². The SMILES string of the molecule is CCCCOc1ccc(/C=C2/SC(=O)N(c3ccccc3)C2=O)cc1OC. The molecule has 0 N–H and O–H groups in total. The molecule has 0 aromatic heterocycles. The third-order valence-electron chi connectivity index (χ3n) is 4.05. The minimum atomic E-state index is -0.321. The van der Waals surface area contributed by atoms with Crippen molar-refractivity contribution >= 4 is 34.7 Å². The number of nitrogens with zero attached hydrogens (tertiary/aromatic N) is 1. The zero-order chi connectivity index (χ0) is 19.2. The van der Waals surface area contributed by atoms with Gasteiger partial charge in [0.2, 0.25) is 0 Å². The van der Waals surface area contributed by atoms with E-state index in [1.165, 1.54) is 4.90 Å². The number of ether oxygens (including phenoxy) is 2. The molecule has 140 valence electrons. The average molecular weight is 383 g/mol. The van der Waals surface area contributed by atoms with Crippen LogP contribution in [0.4, 0.5) is 10.5 Å². The summed E-state index contributed by atoms with van der Waals surface area (Å²) in [6.45, 7) is 2.73. The second-order valence-electron chi connectivity index (χ2n) is 5.96. The van der Waals surface area contributed by atoms with Crippen molar-refractivity contribution in [3.8, 4) is 11.5 Å². The summed E-state index contributed by atoms with van der Waals surface area (Å²) < 4.78 is 11.1. The summed E-state index contributed by atoms with van der Waals surface area (Å²) >= 11 is 0.932. The first-order valence-electron chi connectivity index (χ1n) is 8.78. The van der Waals surface area contributed by atoms with Crippen LogP contribution < -0.4 is 14.4 Å². The number of hydrogen-bond donors (Lipinski definition) is 0. The highest BCUT2D eigenvalue weighted by Crippen LogP contribution is 2.36. The van der Waals surface area contributed by atoms with Crippen LogP contribution in [0.1, 0.15) is 25.3 Å². The van der Waals surface area contributed by atoms with E-state index in [-0.39, 0.29) is 11.1 Å². The maximum atomic E-state index is 12.7. The number of anilines is 1. The van der Waals surface area contributed by atoms with E-state index in [9.17, 15) is 9.59 Å². The Morgan fingerprint density at radius 1 is 1.07 bits per heavy atom. The largest absolute Gasteiger partial charge is 0.493 e. The first-order chi connectivity index (χ1) is 13.1. The van der Waals surface area contributed by atoms with Gasteiger partial charge in [-0.2, -0.15) is 0 Å². The van der Waals surface area contributed by atoms with E-state index in [0.29, 0.717) is 28.7 Å². The Morgan fingerprint density at radius 3 is 2.56 bits per heavy atom. The van der Waals surface area contributed by atoms with Crippen LogP contribution in [-0.2, 0) is 4.79 Å². The van der Waals surface area contributed by atoms with Gasteiger partial charge in [0.15, 0.2) is 11.5 Å². The summed E-state index contributed by atoms with van der Waals surface area (Å²) in [5.41, 5.74) is 1.34. The van der Waals surface area contributed by atoms with E-state index in [4.69, 9.17) is 9.47 Å². The summed E-state index contributed by atoms with van der Waals surface area (Å²) in [7, 11) is 1.58. The Hall–Kier alpha value is -2.73. The van der Waals surface area contributed by atoms with Crippen LogP contribution in [0.5, 0.6) is 11.5 Å². The summed E-state index contributed by atoms with van der Waals surface area (Å²) in [6, 6.07) is 14.4.